The molecule has 1 unspecified atom stereocenters. The number of nitrogens with one attached hydrogen (secondary N) is 1. The fourth-order valence-electron chi connectivity index (χ4n) is 2.97. The fraction of sp³-hybridized carbons (Fsp3) is 0.417. The summed E-state index contributed by atoms with van der Waals surface area (Å²) < 4.78 is 22.1. The van der Waals surface area contributed by atoms with Gasteiger partial charge in [0, 0.05) is 24.3 Å². The van der Waals surface area contributed by atoms with Crippen LogP contribution in [0.5, 0.6) is 23.0 Å². The predicted molar refractivity (Wildman–Crippen MR) is 135 cm³/mol. The van der Waals surface area contributed by atoms with Crippen molar-refractivity contribution in [3.63, 3.8) is 0 Å². The lowest BCUT2D eigenvalue weighted by Gasteiger charge is -2.16. The zero-order valence-corrected chi connectivity index (χ0v) is 21.8. The number of ketones is 1. The summed E-state index contributed by atoms with van der Waals surface area (Å²) in [5.74, 6) is 0.235. The molecule has 0 bridgehead atoms. The molecule has 190 valence electrons. The van der Waals surface area contributed by atoms with E-state index < -0.39 is 17.7 Å². The topological polar surface area (TPSA) is 108 Å². The lowest BCUT2D eigenvalue weighted by Crippen LogP contribution is -2.32. The SMILES string of the molecule is CCOc1cc(Cl)c(NC(=O)C(N=Nc2cc(OCC)c(Cl)cc2OCC)C(C)=O)c(OCC)c1. The van der Waals surface area contributed by atoms with Gasteiger partial charge in [-0.2, -0.15) is 10.2 Å². The summed E-state index contributed by atoms with van der Waals surface area (Å²) in [6.07, 6.45) is 0. The molecule has 0 heterocycles. The second kappa shape index (κ2) is 13.7. The van der Waals surface area contributed by atoms with E-state index in [1.165, 1.54) is 13.0 Å². The molecule has 1 N–H and O–H groups in total. The van der Waals surface area contributed by atoms with E-state index in [0.717, 1.165) is 0 Å². The van der Waals surface area contributed by atoms with Crippen LogP contribution in [0.15, 0.2) is 34.5 Å². The Labute approximate surface area is 214 Å². The first kappa shape index (κ1) is 28.2. The normalized spacial score (nSPS) is 11.7. The van der Waals surface area contributed by atoms with Crippen LogP contribution in [-0.2, 0) is 9.59 Å². The van der Waals surface area contributed by atoms with E-state index in [1.54, 1.807) is 32.0 Å². The Balaban J connectivity index is 2.38. The molecule has 0 fully saturated rings. The summed E-state index contributed by atoms with van der Waals surface area (Å²) in [7, 11) is 0. The first-order valence-electron chi connectivity index (χ1n) is 11.2. The van der Waals surface area contributed by atoms with Crippen LogP contribution >= 0.6 is 23.2 Å². The van der Waals surface area contributed by atoms with Gasteiger partial charge in [-0.25, -0.2) is 0 Å². The van der Waals surface area contributed by atoms with Crippen LogP contribution in [0.2, 0.25) is 10.0 Å². The molecule has 0 aliphatic carbocycles. The number of carbonyl (C=O) groups excluding carboxylic acids is 2. The van der Waals surface area contributed by atoms with Crippen LogP contribution < -0.4 is 24.3 Å². The average Bonchev–Trinajstić information content (AvgIpc) is 2.79. The highest BCUT2D eigenvalue weighted by Crippen LogP contribution is 2.39. The third-order valence-electron chi connectivity index (χ3n) is 4.41. The molecule has 2 aromatic carbocycles. The van der Waals surface area contributed by atoms with Gasteiger partial charge in [0.15, 0.2) is 5.78 Å². The van der Waals surface area contributed by atoms with Crippen molar-refractivity contribution in [2.75, 3.05) is 31.7 Å². The Kier molecular flexibility index (Phi) is 11.1. The first-order chi connectivity index (χ1) is 16.7. The standard InChI is InChI=1S/C24H29Cl2N3O6/c1-6-32-15-10-17(26)23(21(11-15)35-9-4)27-24(31)22(14(5)30)29-28-18-13-19(33-7-2)16(25)12-20(18)34-8-3/h10-13,22H,6-9H2,1-5H3,(H,27,31). The number of rotatable bonds is 13. The number of anilines is 1. The maximum atomic E-state index is 13.0. The summed E-state index contributed by atoms with van der Waals surface area (Å²) in [6.45, 7) is 9.96. The molecule has 0 aromatic heterocycles. The number of hydrogen-bond acceptors (Lipinski definition) is 8. The number of nitrogens with zero attached hydrogens (tertiary/aromatic N) is 2. The maximum Gasteiger partial charge on any atom is 0.258 e. The Morgan fingerprint density at radius 2 is 1.43 bits per heavy atom. The number of ether oxygens (including phenoxy) is 4. The Hall–Kier alpha value is -3.04. The van der Waals surface area contributed by atoms with Gasteiger partial charge in [0.2, 0.25) is 6.04 Å². The summed E-state index contributed by atoms with van der Waals surface area (Å²) in [4.78, 5) is 25.3. The molecule has 9 nitrogen and oxygen atoms in total. The molecular formula is C24H29Cl2N3O6. The van der Waals surface area contributed by atoms with Crippen molar-refractivity contribution in [1.29, 1.82) is 0 Å². The minimum Gasteiger partial charge on any atom is -0.494 e. The fourth-order valence-corrected chi connectivity index (χ4v) is 3.42. The third kappa shape index (κ3) is 7.73. The largest absolute Gasteiger partial charge is 0.494 e. The molecule has 0 saturated carbocycles. The number of halogens is 2. The molecule has 2 rings (SSSR count). The Morgan fingerprint density at radius 3 is 2.03 bits per heavy atom. The van der Waals surface area contributed by atoms with Gasteiger partial charge in [0.05, 0.1) is 36.5 Å². The van der Waals surface area contributed by atoms with Crippen molar-refractivity contribution in [2.45, 2.75) is 40.7 Å². The maximum absolute atomic E-state index is 13.0. The van der Waals surface area contributed by atoms with Crippen LogP contribution in [0.1, 0.15) is 34.6 Å². The van der Waals surface area contributed by atoms with Crippen molar-refractivity contribution in [3.05, 3.63) is 34.3 Å². The van der Waals surface area contributed by atoms with Gasteiger partial charge in [-0.1, -0.05) is 23.2 Å². The van der Waals surface area contributed by atoms with E-state index in [4.69, 9.17) is 42.1 Å². The number of azo groups is 1. The lowest BCUT2D eigenvalue weighted by atomic mass is 10.2. The molecular weight excluding hydrogens is 497 g/mol. The highest BCUT2D eigenvalue weighted by atomic mass is 35.5. The quantitative estimate of drug-likeness (QED) is 0.244. The van der Waals surface area contributed by atoms with Crippen LogP contribution in [0.25, 0.3) is 0 Å². The summed E-state index contributed by atoms with van der Waals surface area (Å²) in [5.41, 5.74) is 0.455. The first-order valence-corrected chi connectivity index (χ1v) is 11.9. The second-order valence-electron chi connectivity index (χ2n) is 6.98. The van der Waals surface area contributed by atoms with Crippen molar-refractivity contribution in [2.24, 2.45) is 10.2 Å². The van der Waals surface area contributed by atoms with Gasteiger partial charge in [0.25, 0.3) is 5.91 Å². The molecule has 35 heavy (non-hydrogen) atoms. The van der Waals surface area contributed by atoms with E-state index in [2.05, 4.69) is 15.5 Å². The van der Waals surface area contributed by atoms with Crippen molar-refractivity contribution >= 4 is 46.3 Å². The monoisotopic (exact) mass is 525 g/mol. The summed E-state index contributed by atoms with van der Waals surface area (Å²) >= 11 is 12.6. The van der Waals surface area contributed by atoms with Gasteiger partial charge in [-0.3, -0.25) is 9.59 Å². The zero-order valence-electron chi connectivity index (χ0n) is 20.3. The third-order valence-corrected chi connectivity index (χ3v) is 5.01. The van der Waals surface area contributed by atoms with Crippen molar-refractivity contribution in [3.8, 4) is 23.0 Å². The number of benzene rings is 2. The summed E-state index contributed by atoms with van der Waals surface area (Å²) in [6, 6.07) is 4.78. The van der Waals surface area contributed by atoms with Crippen LogP contribution in [0.4, 0.5) is 11.4 Å². The number of carbonyl (C=O) groups is 2. The van der Waals surface area contributed by atoms with Gasteiger partial charge < -0.3 is 24.3 Å². The smallest absolute Gasteiger partial charge is 0.258 e. The van der Waals surface area contributed by atoms with E-state index in [-0.39, 0.29) is 16.4 Å². The van der Waals surface area contributed by atoms with E-state index in [9.17, 15) is 9.59 Å². The van der Waals surface area contributed by atoms with Crippen LogP contribution in [0, 0.1) is 0 Å². The molecule has 0 aliphatic rings. The highest BCUT2D eigenvalue weighted by Gasteiger charge is 2.26. The van der Waals surface area contributed by atoms with Gasteiger partial charge >= 0.3 is 0 Å². The predicted octanol–water partition coefficient (Wildman–Crippen LogP) is 6.27. The van der Waals surface area contributed by atoms with Gasteiger partial charge in [-0.15, -0.1) is 0 Å². The average molecular weight is 526 g/mol. The molecule has 0 radical (unpaired) electrons. The number of amides is 1. The molecule has 0 saturated heterocycles. The van der Waals surface area contributed by atoms with Gasteiger partial charge in [0.1, 0.15) is 34.4 Å². The molecule has 0 aliphatic heterocycles. The molecule has 11 heteroatoms. The van der Waals surface area contributed by atoms with Crippen LogP contribution in [0.3, 0.4) is 0 Å². The van der Waals surface area contributed by atoms with E-state index >= 15 is 0 Å². The summed E-state index contributed by atoms with van der Waals surface area (Å²) in [5, 5.41) is 11.2. The van der Waals surface area contributed by atoms with Gasteiger partial charge in [-0.05, 0) is 34.6 Å². The molecule has 2 aromatic rings. The van der Waals surface area contributed by atoms with E-state index in [0.29, 0.717) is 54.4 Å². The number of Topliss-reactive ketones (excluding diaryl/α,β-unsaturated/α-hetero) is 1. The lowest BCUT2D eigenvalue weighted by molar-refractivity contribution is -0.126. The zero-order chi connectivity index (χ0) is 26.0. The van der Waals surface area contributed by atoms with Crippen molar-refractivity contribution < 1.29 is 28.5 Å². The molecule has 1 amide bonds. The number of hydrogen-bond donors (Lipinski definition) is 1. The minimum atomic E-state index is -1.45. The Bertz CT molecular complexity index is 1080. The highest BCUT2D eigenvalue weighted by molar-refractivity contribution is 6.34. The molecule has 0 spiro atoms. The van der Waals surface area contributed by atoms with Crippen molar-refractivity contribution in [1.82, 2.24) is 0 Å². The molecule has 1 atom stereocenters. The van der Waals surface area contributed by atoms with Crippen LogP contribution in [-0.4, -0.2) is 44.2 Å². The second-order valence-corrected chi connectivity index (χ2v) is 7.79. The van der Waals surface area contributed by atoms with E-state index in [1.807, 2.05) is 13.8 Å². The minimum absolute atomic E-state index is 0.185. The Morgan fingerprint density at radius 1 is 0.829 bits per heavy atom.